The Morgan fingerprint density at radius 3 is 1.82 bits per heavy atom. The number of amides is 3. The highest BCUT2D eigenvalue weighted by Crippen LogP contribution is 2.24. The lowest BCUT2D eigenvalue weighted by Crippen LogP contribution is -2.44. The number of rotatable bonds is 9. The van der Waals surface area contributed by atoms with Crippen molar-refractivity contribution in [3.63, 3.8) is 0 Å². The van der Waals surface area contributed by atoms with Crippen molar-refractivity contribution in [2.24, 2.45) is 0 Å². The maximum absolute atomic E-state index is 12.9. The summed E-state index contributed by atoms with van der Waals surface area (Å²) in [5.41, 5.74) is 7.13. The van der Waals surface area contributed by atoms with Gasteiger partial charge < -0.3 is 10.1 Å². The van der Waals surface area contributed by atoms with E-state index in [-0.39, 0.29) is 24.7 Å². The van der Waals surface area contributed by atoms with Crippen LogP contribution in [-0.2, 0) is 14.4 Å². The quantitative estimate of drug-likeness (QED) is 0.437. The van der Waals surface area contributed by atoms with Crippen LogP contribution in [0.1, 0.15) is 36.8 Å². The predicted molar refractivity (Wildman–Crippen MR) is 126 cm³/mol. The lowest BCUT2D eigenvalue weighted by atomic mass is 9.91. The molecular formula is C26H27N3O4. The Morgan fingerprint density at radius 1 is 0.727 bits per heavy atom. The lowest BCUT2D eigenvalue weighted by Gasteiger charge is -2.18. The fraction of sp³-hybridized carbons (Fsp3) is 0.192. The van der Waals surface area contributed by atoms with Gasteiger partial charge in [-0.05, 0) is 42.3 Å². The molecule has 0 bridgehead atoms. The smallest absolute Gasteiger partial charge is 0.250 e. The molecule has 33 heavy (non-hydrogen) atoms. The number of hydrazine groups is 1. The van der Waals surface area contributed by atoms with Crippen LogP contribution in [0.25, 0.3) is 0 Å². The zero-order valence-corrected chi connectivity index (χ0v) is 18.4. The Hall–Kier alpha value is -4.13. The molecule has 0 unspecified atom stereocenters. The first-order valence-corrected chi connectivity index (χ1v) is 10.8. The van der Waals surface area contributed by atoms with Gasteiger partial charge in [0.15, 0.2) is 0 Å². The van der Waals surface area contributed by atoms with Gasteiger partial charge in [-0.1, -0.05) is 60.7 Å². The van der Waals surface area contributed by atoms with Crippen molar-refractivity contribution in [3.8, 4) is 5.75 Å². The van der Waals surface area contributed by atoms with Crippen LogP contribution >= 0.6 is 0 Å². The molecule has 0 fully saturated rings. The molecule has 3 aromatic carbocycles. The molecule has 170 valence electrons. The SMILES string of the molecule is CCOc1ccc(NC(=O)CCC(=O)NNC(=O)C(c2ccccc2)c2ccccc2)cc1. The molecule has 3 rings (SSSR count). The van der Waals surface area contributed by atoms with E-state index in [0.29, 0.717) is 12.3 Å². The van der Waals surface area contributed by atoms with Gasteiger partial charge in [0.2, 0.25) is 17.7 Å². The molecule has 3 N–H and O–H groups in total. The van der Waals surface area contributed by atoms with Crippen molar-refractivity contribution in [2.45, 2.75) is 25.7 Å². The number of benzene rings is 3. The van der Waals surface area contributed by atoms with Crippen LogP contribution in [0, 0.1) is 0 Å². The first kappa shape index (κ1) is 23.5. The molecule has 0 spiro atoms. The standard InChI is InChI=1S/C26H27N3O4/c1-2-33-22-15-13-21(14-16-22)27-23(30)17-18-24(31)28-29-26(32)25(19-9-5-3-6-10-19)20-11-7-4-8-12-20/h3-16,25H,2,17-18H2,1H3,(H,27,30)(H,28,31)(H,29,32). The minimum Gasteiger partial charge on any atom is -0.494 e. The maximum atomic E-state index is 12.9. The van der Waals surface area contributed by atoms with Gasteiger partial charge >= 0.3 is 0 Å². The molecule has 0 saturated carbocycles. The molecule has 0 atom stereocenters. The van der Waals surface area contributed by atoms with E-state index < -0.39 is 11.8 Å². The first-order valence-electron chi connectivity index (χ1n) is 10.8. The molecule has 7 nitrogen and oxygen atoms in total. The van der Waals surface area contributed by atoms with Crippen LogP contribution in [0.3, 0.4) is 0 Å². The first-order chi connectivity index (χ1) is 16.1. The van der Waals surface area contributed by atoms with E-state index in [0.717, 1.165) is 16.9 Å². The Bertz CT molecular complexity index is 1010. The summed E-state index contributed by atoms with van der Waals surface area (Å²) in [6.45, 7) is 2.46. The van der Waals surface area contributed by atoms with Gasteiger partial charge in [0, 0.05) is 18.5 Å². The Kier molecular flexibility index (Phi) is 8.59. The van der Waals surface area contributed by atoms with Crippen LogP contribution in [0.2, 0.25) is 0 Å². The van der Waals surface area contributed by atoms with Crippen LogP contribution in [-0.4, -0.2) is 24.3 Å². The van der Waals surface area contributed by atoms with Gasteiger partial charge in [0.05, 0.1) is 12.5 Å². The second-order valence-corrected chi connectivity index (χ2v) is 7.30. The Morgan fingerprint density at radius 2 is 1.27 bits per heavy atom. The van der Waals surface area contributed by atoms with Gasteiger partial charge in [0.25, 0.3) is 0 Å². The van der Waals surface area contributed by atoms with Crippen LogP contribution in [0.15, 0.2) is 84.9 Å². The van der Waals surface area contributed by atoms with E-state index in [1.807, 2.05) is 67.6 Å². The van der Waals surface area contributed by atoms with E-state index in [1.165, 1.54) is 0 Å². The van der Waals surface area contributed by atoms with Crippen LogP contribution in [0.4, 0.5) is 5.69 Å². The molecule has 3 amide bonds. The van der Waals surface area contributed by atoms with E-state index in [1.54, 1.807) is 24.3 Å². The number of hydrogen-bond acceptors (Lipinski definition) is 4. The fourth-order valence-corrected chi connectivity index (χ4v) is 3.30. The topological polar surface area (TPSA) is 96.5 Å². The fourth-order valence-electron chi connectivity index (χ4n) is 3.30. The average molecular weight is 446 g/mol. The average Bonchev–Trinajstić information content (AvgIpc) is 2.84. The summed E-state index contributed by atoms with van der Waals surface area (Å²) in [4.78, 5) is 37.2. The monoisotopic (exact) mass is 445 g/mol. The maximum Gasteiger partial charge on any atom is 0.250 e. The molecule has 0 aliphatic heterocycles. The molecular weight excluding hydrogens is 418 g/mol. The van der Waals surface area contributed by atoms with Crippen molar-refractivity contribution < 1.29 is 19.1 Å². The molecule has 7 heteroatoms. The van der Waals surface area contributed by atoms with Gasteiger partial charge in [-0.15, -0.1) is 0 Å². The number of ether oxygens (including phenoxy) is 1. The van der Waals surface area contributed by atoms with E-state index in [4.69, 9.17) is 4.74 Å². The lowest BCUT2D eigenvalue weighted by molar-refractivity contribution is -0.130. The highest BCUT2D eigenvalue weighted by molar-refractivity contribution is 5.94. The predicted octanol–water partition coefficient (Wildman–Crippen LogP) is 3.78. The number of anilines is 1. The molecule has 0 heterocycles. The zero-order valence-electron chi connectivity index (χ0n) is 18.4. The molecule has 3 aromatic rings. The minimum absolute atomic E-state index is 0.0181. The molecule has 0 aromatic heterocycles. The van der Waals surface area contributed by atoms with Gasteiger partial charge in [-0.25, -0.2) is 0 Å². The summed E-state index contributed by atoms with van der Waals surface area (Å²) >= 11 is 0. The van der Waals surface area contributed by atoms with Crippen molar-refractivity contribution >= 4 is 23.4 Å². The molecule has 0 aliphatic carbocycles. The van der Waals surface area contributed by atoms with Gasteiger partial charge in [-0.3, -0.25) is 25.2 Å². The zero-order chi connectivity index (χ0) is 23.5. The van der Waals surface area contributed by atoms with Crippen molar-refractivity contribution in [1.29, 1.82) is 0 Å². The number of nitrogens with one attached hydrogen (secondary N) is 3. The summed E-state index contributed by atoms with van der Waals surface area (Å²) < 4.78 is 5.36. The molecule has 0 aliphatic rings. The second kappa shape index (κ2) is 12.0. The van der Waals surface area contributed by atoms with Crippen LogP contribution < -0.4 is 20.9 Å². The Balaban J connectivity index is 1.49. The van der Waals surface area contributed by atoms with Gasteiger partial charge in [-0.2, -0.15) is 0 Å². The van der Waals surface area contributed by atoms with Gasteiger partial charge in [0.1, 0.15) is 5.75 Å². The van der Waals surface area contributed by atoms with Crippen molar-refractivity contribution in [1.82, 2.24) is 10.9 Å². The third-order valence-electron chi connectivity index (χ3n) is 4.88. The van der Waals surface area contributed by atoms with Crippen molar-refractivity contribution in [2.75, 3.05) is 11.9 Å². The molecule has 0 saturated heterocycles. The Labute approximate surface area is 193 Å². The summed E-state index contributed by atoms with van der Waals surface area (Å²) in [5, 5.41) is 2.73. The van der Waals surface area contributed by atoms with E-state index >= 15 is 0 Å². The summed E-state index contributed by atoms with van der Waals surface area (Å²) in [7, 11) is 0. The second-order valence-electron chi connectivity index (χ2n) is 7.30. The molecule has 0 radical (unpaired) electrons. The highest BCUT2D eigenvalue weighted by atomic mass is 16.5. The summed E-state index contributed by atoms with van der Waals surface area (Å²) in [6, 6.07) is 25.7. The number of carbonyl (C=O) groups is 3. The number of carbonyl (C=O) groups excluding carboxylic acids is 3. The van der Waals surface area contributed by atoms with E-state index in [2.05, 4.69) is 16.2 Å². The van der Waals surface area contributed by atoms with Crippen LogP contribution in [0.5, 0.6) is 5.75 Å². The normalized spacial score (nSPS) is 10.4. The third kappa shape index (κ3) is 7.21. The van der Waals surface area contributed by atoms with E-state index in [9.17, 15) is 14.4 Å². The minimum atomic E-state index is -0.573. The van der Waals surface area contributed by atoms with Crippen molar-refractivity contribution in [3.05, 3.63) is 96.1 Å². The summed E-state index contributed by atoms with van der Waals surface area (Å²) in [6.07, 6.45) is -0.0831. The highest BCUT2D eigenvalue weighted by Gasteiger charge is 2.23. The number of hydrogen-bond donors (Lipinski definition) is 3. The largest absolute Gasteiger partial charge is 0.494 e. The summed E-state index contributed by atoms with van der Waals surface area (Å²) in [5.74, 6) is -0.970. The third-order valence-corrected chi connectivity index (χ3v) is 4.88.